The highest BCUT2D eigenvalue weighted by molar-refractivity contribution is 6.33. The Morgan fingerprint density at radius 2 is 1.79 bits per heavy atom. The van der Waals surface area contributed by atoms with E-state index in [0.717, 1.165) is 0 Å². The number of alkyl halides is 1. The molecule has 204 valence electrons. The number of amides is 3. The van der Waals surface area contributed by atoms with Gasteiger partial charge in [-0.1, -0.05) is 23.7 Å². The van der Waals surface area contributed by atoms with Crippen molar-refractivity contribution in [3.63, 3.8) is 0 Å². The number of nitrogens with one attached hydrogen (secondary N) is 2. The summed E-state index contributed by atoms with van der Waals surface area (Å²) in [6.45, 7) is 1.55. The predicted molar refractivity (Wildman–Crippen MR) is 143 cm³/mol. The van der Waals surface area contributed by atoms with E-state index in [1.54, 1.807) is 31.2 Å². The zero-order valence-electron chi connectivity index (χ0n) is 20.9. The molecule has 2 atom stereocenters. The van der Waals surface area contributed by atoms with Crippen molar-refractivity contribution in [1.29, 1.82) is 0 Å². The Balaban J connectivity index is 1.34. The number of likely N-dealkylation sites (tertiary alicyclic amines) is 1. The molecule has 8 nitrogen and oxygen atoms in total. The highest BCUT2D eigenvalue weighted by Crippen LogP contribution is 2.27. The van der Waals surface area contributed by atoms with Crippen LogP contribution in [-0.4, -0.2) is 53.3 Å². The number of carboxylic acids is 1. The van der Waals surface area contributed by atoms with Gasteiger partial charge in [0.2, 0.25) is 5.91 Å². The Bertz CT molecular complexity index is 1390. The molecule has 0 radical (unpaired) electrons. The van der Waals surface area contributed by atoms with Crippen LogP contribution in [0.15, 0.2) is 60.7 Å². The number of carbonyl (C=O) groups is 3. The molecule has 0 spiro atoms. The number of ether oxygens (including phenoxy) is 1. The molecule has 3 aromatic rings. The molecule has 0 saturated carbocycles. The second kappa shape index (κ2) is 12.1. The fraction of sp³-hybridized carbons (Fsp3) is 0.250. The molecular weight excluding hydrogens is 532 g/mol. The Hall–Kier alpha value is -4.18. The molecule has 0 unspecified atom stereocenters. The summed E-state index contributed by atoms with van der Waals surface area (Å²) < 4.78 is 33.6. The maximum Gasteiger partial charge on any atom is 0.335 e. The number of aromatic carboxylic acids is 1. The smallest absolute Gasteiger partial charge is 0.335 e. The highest BCUT2D eigenvalue weighted by atomic mass is 35.5. The zero-order valence-corrected chi connectivity index (χ0v) is 21.7. The number of benzene rings is 3. The summed E-state index contributed by atoms with van der Waals surface area (Å²) in [5.41, 5.74) is 1.60. The fourth-order valence-electron chi connectivity index (χ4n) is 4.27. The van der Waals surface area contributed by atoms with Crippen LogP contribution in [0.3, 0.4) is 0 Å². The van der Waals surface area contributed by atoms with Crippen molar-refractivity contribution >= 4 is 40.9 Å². The summed E-state index contributed by atoms with van der Waals surface area (Å²) in [7, 11) is 0. The third kappa shape index (κ3) is 7.02. The summed E-state index contributed by atoms with van der Waals surface area (Å²) in [5.74, 6) is -1.39. The van der Waals surface area contributed by atoms with Crippen molar-refractivity contribution in [3.8, 4) is 5.75 Å². The molecule has 0 aromatic heterocycles. The largest absolute Gasteiger partial charge is 0.491 e. The monoisotopic (exact) mass is 557 g/mol. The number of halogens is 3. The lowest BCUT2D eigenvalue weighted by Crippen LogP contribution is -2.40. The first-order chi connectivity index (χ1) is 18.6. The van der Waals surface area contributed by atoms with Gasteiger partial charge in [0.05, 0.1) is 35.3 Å². The van der Waals surface area contributed by atoms with Crippen LogP contribution in [0, 0.1) is 12.7 Å². The molecule has 39 heavy (non-hydrogen) atoms. The van der Waals surface area contributed by atoms with E-state index in [9.17, 15) is 23.2 Å². The van der Waals surface area contributed by atoms with E-state index in [1.165, 1.54) is 41.3 Å². The van der Waals surface area contributed by atoms with E-state index in [4.69, 9.17) is 21.4 Å². The molecule has 1 saturated heterocycles. The van der Waals surface area contributed by atoms with Gasteiger partial charge in [0.1, 0.15) is 24.3 Å². The van der Waals surface area contributed by atoms with Crippen LogP contribution in [0.5, 0.6) is 5.75 Å². The van der Waals surface area contributed by atoms with Crippen LogP contribution in [0.1, 0.15) is 27.9 Å². The Morgan fingerprint density at radius 1 is 1.08 bits per heavy atom. The van der Waals surface area contributed by atoms with E-state index in [0.29, 0.717) is 28.3 Å². The molecule has 3 N–H and O–H groups in total. The van der Waals surface area contributed by atoms with Crippen molar-refractivity contribution in [2.75, 3.05) is 23.8 Å². The second-order valence-corrected chi connectivity index (χ2v) is 9.56. The second-order valence-electron chi connectivity index (χ2n) is 9.16. The van der Waals surface area contributed by atoms with Gasteiger partial charge < -0.3 is 25.4 Å². The highest BCUT2D eigenvalue weighted by Gasteiger charge is 2.35. The summed E-state index contributed by atoms with van der Waals surface area (Å²) in [4.78, 5) is 37.8. The zero-order chi connectivity index (χ0) is 28.1. The Morgan fingerprint density at radius 3 is 2.49 bits per heavy atom. The number of hydrogen-bond donors (Lipinski definition) is 3. The van der Waals surface area contributed by atoms with Gasteiger partial charge in [0.25, 0.3) is 0 Å². The van der Waals surface area contributed by atoms with E-state index in [-0.39, 0.29) is 42.5 Å². The van der Waals surface area contributed by atoms with Crippen LogP contribution in [0.4, 0.5) is 25.0 Å². The van der Waals surface area contributed by atoms with Gasteiger partial charge in [-0.25, -0.2) is 18.4 Å². The average Bonchev–Trinajstić information content (AvgIpc) is 3.28. The number of carboxylic acid groups (broad SMARTS) is 1. The lowest BCUT2D eigenvalue weighted by molar-refractivity contribution is -0.132. The van der Waals surface area contributed by atoms with Crippen LogP contribution >= 0.6 is 11.6 Å². The molecule has 3 aromatic carbocycles. The molecule has 1 fully saturated rings. The van der Waals surface area contributed by atoms with Crippen molar-refractivity contribution in [2.24, 2.45) is 0 Å². The molecular formula is C28H26ClF2N3O5. The molecule has 3 amide bonds. The summed E-state index contributed by atoms with van der Waals surface area (Å²) >= 11 is 6.33. The van der Waals surface area contributed by atoms with Crippen molar-refractivity contribution in [1.82, 2.24) is 4.90 Å². The quantitative estimate of drug-likeness (QED) is 0.330. The summed E-state index contributed by atoms with van der Waals surface area (Å²) in [6, 6.07) is 13.8. The first-order valence-corrected chi connectivity index (χ1v) is 12.5. The van der Waals surface area contributed by atoms with Gasteiger partial charge in [-0.3, -0.25) is 4.79 Å². The number of hydrogen-bond acceptors (Lipinski definition) is 4. The van der Waals surface area contributed by atoms with Crippen molar-refractivity contribution < 1.29 is 33.0 Å². The van der Waals surface area contributed by atoms with Crippen LogP contribution in [-0.2, 0) is 11.2 Å². The van der Waals surface area contributed by atoms with Crippen molar-refractivity contribution in [3.05, 3.63) is 88.2 Å². The Kier molecular flexibility index (Phi) is 8.65. The summed E-state index contributed by atoms with van der Waals surface area (Å²) in [6.07, 6.45) is -1.10. The van der Waals surface area contributed by atoms with E-state index >= 15 is 0 Å². The van der Waals surface area contributed by atoms with E-state index in [2.05, 4.69) is 10.6 Å². The van der Waals surface area contributed by atoms with Gasteiger partial charge in [-0.2, -0.15) is 0 Å². The molecule has 1 heterocycles. The molecule has 4 rings (SSSR count). The lowest BCUT2D eigenvalue weighted by Gasteiger charge is -2.24. The van der Waals surface area contributed by atoms with Crippen LogP contribution in [0.2, 0.25) is 5.02 Å². The minimum absolute atomic E-state index is 0.0365. The van der Waals surface area contributed by atoms with Gasteiger partial charge in [0, 0.05) is 17.7 Å². The lowest BCUT2D eigenvalue weighted by atomic mass is 10.1. The first kappa shape index (κ1) is 27.8. The first-order valence-electron chi connectivity index (χ1n) is 12.1. The number of anilines is 2. The molecule has 1 aliphatic heterocycles. The minimum atomic E-state index is -1.19. The third-order valence-corrected chi connectivity index (χ3v) is 6.69. The van der Waals surface area contributed by atoms with Crippen LogP contribution in [0.25, 0.3) is 0 Å². The van der Waals surface area contributed by atoms with Gasteiger partial charge in [-0.05, 0) is 61.0 Å². The minimum Gasteiger partial charge on any atom is -0.491 e. The van der Waals surface area contributed by atoms with Gasteiger partial charge in [0.15, 0.2) is 0 Å². The van der Waals surface area contributed by atoms with Crippen molar-refractivity contribution in [2.45, 2.75) is 32.0 Å². The maximum atomic E-state index is 14.2. The topological polar surface area (TPSA) is 108 Å². The predicted octanol–water partition coefficient (Wildman–Crippen LogP) is 5.69. The van der Waals surface area contributed by atoms with Crippen LogP contribution < -0.4 is 15.4 Å². The third-order valence-electron chi connectivity index (χ3n) is 6.38. The number of rotatable bonds is 8. The van der Waals surface area contributed by atoms with Gasteiger partial charge >= 0.3 is 12.0 Å². The normalized spacial score (nSPS) is 16.6. The standard InChI is InChI=1S/C28H26ClF2N3O5/c1-16-23(31)3-2-4-24(16)32-28(38)33-25-10-5-17(11-22(25)29)12-26(35)34-14-19(30)13-20(34)15-39-21-8-6-18(7-9-21)27(36)37/h2-11,19-20H,12-15H2,1H3,(H,36,37)(H2,32,33,38)/t19-,20-/m0/s1. The average molecular weight is 558 g/mol. The van der Waals surface area contributed by atoms with E-state index < -0.39 is 30.0 Å². The molecule has 1 aliphatic rings. The number of nitrogens with zero attached hydrogens (tertiary/aromatic N) is 1. The van der Waals surface area contributed by atoms with Gasteiger partial charge in [-0.15, -0.1) is 0 Å². The summed E-state index contributed by atoms with van der Waals surface area (Å²) in [5, 5.41) is 14.4. The molecule has 11 heteroatoms. The number of urea groups is 1. The molecule has 0 bridgehead atoms. The Labute approximate surface area is 228 Å². The number of carbonyl (C=O) groups excluding carboxylic acids is 2. The SMILES string of the molecule is Cc1c(F)cccc1NC(=O)Nc1ccc(CC(=O)N2C[C@@H](F)C[C@H]2COc2ccc(C(=O)O)cc2)cc1Cl. The maximum absolute atomic E-state index is 14.2. The fourth-order valence-corrected chi connectivity index (χ4v) is 4.52. The molecule has 0 aliphatic carbocycles. The van der Waals surface area contributed by atoms with E-state index in [1.807, 2.05) is 0 Å².